The fourth-order valence-electron chi connectivity index (χ4n) is 5.60. The third-order valence-electron chi connectivity index (χ3n) is 7.39. The van der Waals surface area contributed by atoms with Crippen LogP contribution in [0.4, 0.5) is 10.5 Å². The lowest BCUT2D eigenvalue weighted by Crippen LogP contribution is -2.44. The van der Waals surface area contributed by atoms with Crippen molar-refractivity contribution >= 4 is 64.6 Å². The van der Waals surface area contributed by atoms with Gasteiger partial charge in [0, 0.05) is 33.8 Å². The van der Waals surface area contributed by atoms with Gasteiger partial charge < -0.3 is 15.4 Å². The van der Waals surface area contributed by atoms with Crippen LogP contribution in [0.25, 0.3) is 10.9 Å². The number of H-pyrrole nitrogens is 1. The van der Waals surface area contributed by atoms with E-state index >= 15 is 0 Å². The number of hydrogen-bond acceptors (Lipinski definition) is 5. The fraction of sp³-hybridized carbons (Fsp3) is 0.172. The molecule has 0 saturated carbocycles. The number of nitrogens with one attached hydrogen (secondary N) is 2. The average molecular weight is 575 g/mol. The molecule has 0 radical (unpaired) electrons. The summed E-state index contributed by atoms with van der Waals surface area (Å²) in [5.41, 5.74) is 3.45. The molecule has 3 aromatic carbocycles. The zero-order valence-electron chi connectivity index (χ0n) is 20.9. The predicted octanol–water partition coefficient (Wildman–Crippen LogP) is 4.42. The molecule has 1 saturated heterocycles. The molecule has 0 spiro atoms. The summed E-state index contributed by atoms with van der Waals surface area (Å²) in [6.45, 7) is 0. The Kier molecular flexibility index (Phi) is 6.52. The number of carbonyl (C=O) groups is 4. The molecule has 1 unspecified atom stereocenters. The first-order valence-electron chi connectivity index (χ1n) is 12.5. The van der Waals surface area contributed by atoms with Gasteiger partial charge in [-0.3, -0.25) is 14.5 Å². The van der Waals surface area contributed by atoms with E-state index in [1.807, 2.05) is 30.3 Å². The number of imide groups is 1. The number of fused-ring (bicyclic) bond motifs is 4. The van der Waals surface area contributed by atoms with Crippen molar-refractivity contribution in [3.63, 3.8) is 0 Å². The van der Waals surface area contributed by atoms with Crippen LogP contribution in [-0.4, -0.2) is 56.6 Å². The second-order valence-electron chi connectivity index (χ2n) is 9.67. The lowest BCUT2D eigenvalue weighted by Gasteiger charge is -2.36. The minimum absolute atomic E-state index is 0.000330. The van der Waals surface area contributed by atoms with E-state index in [0.29, 0.717) is 5.02 Å². The second kappa shape index (κ2) is 10.0. The third kappa shape index (κ3) is 4.11. The van der Waals surface area contributed by atoms with E-state index in [4.69, 9.17) is 11.6 Å². The number of rotatable bonds is 6. The van der Waals surface area contributed by atoms with E-state index in [0.717, 1.165) is 32.6 Å². The lowest BCUT2D eigenvalue weighted by atomic mass is 9.89. The van der Waals surface area contributed by atoms with Gasteiger partial charge in [0.15, 0.2) is 0 Å². The van der Waals surface area contributed by atoms with Gasteiger partial charge in [0.25, 0.3) is 11.8 Å². The van der Waals surface area contributed by atoms with Crippen LogP contribution in [0.15, 0.2) is 72.8 Å². The van der Waals surface area contributed by atoms with Crippen molar-refractivity contribution in [3.05, 3.63) is 100 Å². The van der Waals surface area contributed by atoms with Crippen molar-refractivity contribution in [1.82, 2.24) is 15.2 Å². The van der Waals surface area contributed by atoms with Gasteiger partial charge in [-0.1, -0.05) is 54.1 Å². The highest BCUT2D eigenvalue weighted by atomic mass is 35.5. The molecule has 3 heterocycles. The van der Waals surface area contributed by atoms with Crippen LogP contribution in [-0.2, 0) is 16.0 Å². The van der Waals surface area contributed by atoms with E-state index < -0.39 is 41.9 Å². The molecule has 0 aliphatic carbocycles. The predicted molar refractivity (Wildman–Crippen MR) is 153 cm³/mol. The van der Waals surface area contributed by atoms with E-state index in [1.165, 1.54) is 17.0 Å². The molecule has 4 amide bonds. The number of hydrogen-bond donors (Lipinski definition) is 4. The summed E-state index contributed by atoms with van der Waals surface area (Å²) >= 11 is 10.4. The van der Waals surface area contributed by atoms with E-state index in [1.54, 1.807) is 30.3 Å². The second-order valence-corrected chi connectivity index (χ2v) is 10.5. The average Bonchev–Trinajstić information content (AvgIpc) is 3.44. The van der Waals surface area contributed by atoms with Crippen LogP contribution < -0.4 is 10.2 Å². The largest absolute Gasteiger partial charge is 0.480 e. The van der Waals surface area contributed by atoms with Gasteiger partial charge in [-0.2, -0.15) is 12.6 Å². The van der Waals surface area contributed by atoms with Crippen LogP contribution in [0, 0.1) is 0 Å². The first-order chi connectivity index (χ1) is 19.3. The molecule has 40 heavy (non-hydrogen) atoms. The summed E-state index contributed by atoms with van der Waals surface area (Å²) in [6.07, 6.45) is 0.284. The Morgan fingerprint density at radius 1 is 1.07 bits per heavy atom. The number of carboxylic acid groups (broad SMARTS) is 1. The van der Waals surface area contributed by atoms with Crippen LogP contribution in [0.5, 0.6) is 0 Å². The van der Waals surface area contributed by atoms with Gasteiger partial charge in [-0.05, 0) is 41.5 Å². The lowest BCUT2D eigenvalue weighted by molar-refractivity contribution is -0.138. The highest BCUT2D eigenvalue weighted by Gasteiger charge is 2.53. The first-order valence-corrected chi connectivity index (χ1v) is 13.6. The van der Waals surface area contributed by atoms with Crippen molar-refractivity contribution in [2.45, 2.75) is 24.5 Å². The van der Waals surface area contributed by atoms with Crippen LogP contribution in [0.2, 0.25) is 5.02 Å². The summed E-state index contributed by atoms with van der Waals surface area (Å²) < 4.78 is 0. The van der Waals surface area contributed by atoms with Gasteiger partial charge in [-0.25, -0.2) is 14.5 Å². The number of nitrogens with zero attached hydrogens (tertiary/aromatic N) is 2. The highest BCUT2D eigenvalue weighted by Crippen LogP contribution is 2.45. The molecule has 0 bridgehead atoms. The Morgan fingerprint density at radius 2 is 1.82 bits per heavy atom. The Bertz CT molecular complexity index is 1700. The van der Waals surface area contributed by atoms with E-state index in [9.17, 15) is 24.3 Å². The molecule has 1 fully saturated rings. The van der Waals surface area contributed by atoms with Gasteiger partial charge in [-0.15, -0.1) is 0 Å². The fourth-order valence-corrected chi connectivity index (χ4v) is 6.05. The van der Waals surface area contributed by atoms with E-state index in [2.05, 4.69) is 22.9 Å². The Labute approximate surface area is 239 Å². The van der Waals surface area contributed by atoms with Gasteiger partial charge in [0.2, 0.25) is 0 Å². The molecular weight excluding hydrogens is 552 g/mol. The molecule has 2 aliphatic heterocycles. The maximum Gasteiger partial charge on any atom is 0.332 e. The van der Waals surface area contributed by atoms with Crippen LogP contribution in [0.1, 0.15) is 33.2 Å². The zero-order valence-corrected chi connectivity index (χ0v) is 22.5. The maximum atomic E-state index is 14.2. The number of carbonyl (C=O) groups excluding carboxylic acids is 3. The minimum Gasteiger partial charge on any atom is -0.480 e. The molecule has 9 nitrogen and oxygen atoms in total. The molecule has 3 N–H and O–H groups in total. The van der Waals surface area contributed by atoms with Crippen LogP contribution >= 0.6 is 24.2 Å². The molecule has 1 aromatic heterocycles. The number of benzene rings is 3. The molecule has 11 heteroatoms. The van der Waals surface area contributed by atoms with Crippen molar-refractivity contribution in [2.75, 3.05) is 10.7 Å². The van der Waals surface area contributed by atoms with Gasteiger partial charge >= 0.3 is 12.0 Å². The summed E-state index contributed by atoms with van der Waals surface area (Å²) in [4.78, 5) is 58.8. The summed E-state index contributed by atoms with van der Waals surface area (Å²) in [5.74, 6) is -2.58. The minimum atomic E-state index is -1.25. The van der Waals surface area contributed by atoms with Crippen LogP contribution in [0.3, 0.4) is 0 Å². The van der Waals surface area contributed by atoms with Crippen molar-refractivity contribution in [2.24, 2.45) is 0 Å². The Balaban J connectivity index is 1.46. The smallest absolute Gasteiger partial charge is 0.332 e. The van der Waals surface area contributed by atoms with Crippen molar-refractivity contribution < 1.29 is 24.3 Å². The Morgan fingerprint density at radius 3 is 2.58 bits per heavy atom. The van der Waals surface area contributed by atoms with Gasteiger partial charge in [0.05, 0.1) is 11.3 Å². The number of amides is 4. The molecule has 6 rings (SSSR count). The first kappa shape index (κ1) is 26.0. The summed E-state index contributed by atoms with van der Waals surface area (Å²) in [6, 6.07) is 17.8. The number of aromatic nitrogens is 1. The number of urea groups is 1. The normalized spacial score (nSPS) is 18.9. The number of thiol groups is 1. The van der Waals surface area contributed by atoms with E-state index in [-0.39, 0.29) is 23.4 Å². The number of anilines is 1. The topological polar surface area (TPSA) is 123 Å². The number of aliphatic carboxylic acids is 1. The van der Waals surface area contributed by atoms with Crippen molar-refractivity contribution in [1.29, 1.82) is 0 Å². The number of halogens is 1. The summed E-state index contributed by atoms with van der Waals surface area (Å²) in [5, 5.41) is 13.2. The monoisotopic (exact) mass is 574 g/mol. The zero-order chi connectivity index (χ0) is 28.1. The molecular formula is C29H23ClN4O5S. The molecule has 4 aromatic rings. The maximum absolute atomic E-state index is 14.2. The highest BCUT2D eigenvalue weighted by molar-refractivity contribution is 7.80. The standard InChI is InChI=1S/C29H23ClN4O5S/c30-16-7-5-6-15(12-16)25-24-19(17-8-1-3-10-20(17)31-24)13-23-27(36)34(29(39)33(23)25)22-11-4-2-9-18(22)26(35)32-21(14-40)28(37)38/h1-12,21,23,25,31,40H,13-14H2,(H,32,35)(H,37,38)/t21-,23-,25?/m0/s1. The quantitative estimate of drug-likeness (QED) is 0.201. The molecule has 202 valence electrons. The third-order valence-corrected chi connectivity index (χ3v) is 7.99. The van der Waals surface area contributed by atoms with Crippen molar-refractivity contribution in [3.8, 4) is 0 Å². The molecule has 3 atom stereocenters. The summed E-state index contributed by atoms with van der Waals surface area (Å²) in [7, 11) is 0. The molecule has 2 aliphatic rings. The number of aromatic amines is 1. The Hall–Kier alpha value is -4.28. The SMILES string of the molecule is O=C(N[C@@H](CS)C(=O)O)c1ccccc1N1C(=O)[C@@H]2Cc3c([nH]c4ccccc34)C(c3cccc(Cl)c3)N2C1=O. The number of carboxylic acids is 1. The number of para-hydroxylation sites is 2. The van der Waals surface area contributed by atoms with Gasteiger partial charge in [0.1, 0.15) is 18.1 Å².